The van der Waals surface area contributed by atoms with Crippen molar-refractivity contribution in [3.8, 4) is 0 Å². The Morgan fingerprint density at radius 3 is 3.07 bits per heavy atom. The highest BCUT2D eigenvalue weighted by molar-refractivity contribution is 8.02. The average molecular weight is 399 g/mol. The van der Waals surface area contributed by atoms with Crippen LogP contribution in [-0.2, 0) is 4.79 Å². The fourth-order valence-electron chi connectivity index (χ4n) is 4.20. The first kappa shape index (κ1) is 19.4. The van der Waals surface area contributed by atoms with Gasteiger partial charge in [-0.3, -0.25) is 4.79 Å². The quantitative estimate of drug-likeness (QED) is 0.536. The average Bonchev–Trinajstić information content (AvgIpc) is 3.17. The molecule has 0 aromatic heterocycles. The molecule has 4 aliphatic rings. The number of amides is 1. The van der Waals surface area contributed by atoms with E-state index in [-0.39, 0.29) is 11.4 Å². The minimum atomic E-state index is -0.0675. The molecule has 0 fully saturated rings. The molecule has 0 spiro atoms. The predicted molar refractivity (Wildman–Crippen MR) is 116 cm³/mol. The number of allylic oxidation sites excluding steroid dienone is 5. The molecule has 3 heterocycles. The van der Waals surface area contributed by atoms with Gasteiger partial charge in [-0.2, -0.15) is 0 Å². The van der Waals surface area contributed by atoms with E-state index in [1.54, 1.807) is 11.8 Å². The molecule has 3 unspecified atom stereocenters. The first-order valence-electron chi connectivity index (χ1n) is 10.3. The third kappa shape index (κ3) is 4.92. The Labute approximate surface area is 171 Å². The Hall–Kier alpha value is -1.92. The van der Waals surface area contributed by atoms with E-state index in [4.69, 9.17) is 0 Å². The van der Waals surface area contributed by atoms with Gasteiger partial charge in [0.05, 0.1) is 0 Å². The van der Waals surface area contributed by atoms with Gasteiger partial charge in [0.1, 0.15) is 0 Å². The minimum Gasteiger partial charge on any atom is -0.389 e. The van der Waals surface area contributed by atoms with Crippen molar-refractivity contribution in [2.75, 3.05) is 13.1 Å². The van der Waals surface area contributed by atoms with E-state index in [1.165, 1.54) is 23.3 Å². The number of nitrogens with one attached hydrogen (secondary N) is 4. The van der Waals surface area contributed by atoms with Gasteiger partial charge in [-0.15, -0.1) is 0 Å². The fourth-order valence-corrected chi connectivity index (χ4v) is 5.09. The van der Waals surface area contributed by atoms with E-state index in [2.05, 4.69) is 64.0 Å². The van der Waals surface area contributed by atoms with E-state index >= 15 is 0 Å². The van der Waals surface area contributed by atoms with Crippen LogP contribution < -0.4 is 21.3 Å². The summed E-state index contributed by atoms with van der Waals surface area (Å²) in [5, 5.41) is 15.7. The Balaban J connectivity index is 1.22. The van der Waals surface area contributed by atoms with Crippen molar-refractivity contribution in [1.82, 2.24) is 21.3 Å². The zero-order valence-electron chi connectivity index (χ0n) is 16.5. The summed E-state index contributed by atoms with van der Waals surface area (Å²) in [5.74, 6) is 0.668. The summed E-state index contributed by atoms with van der Waals surface area (Å²) >= 11 is 1.64. The van der Waals surface area contributed by atoms with Crippen molar-refractivity contribution >= 4 is 17.7 Å². The molecule has 0 aromatic rings. The Morgan fingerprint density at radius 1 is 1.39 bits per heavy atom. The van der Waals surface area contributed by atoms with Gasteiger partial charge < -0.3 is 21.3 Å². The Bertz CT molecular complexity index is 764. The van der Waals surface area contributed by atoms with Crippen LogP contribution in [0.15, 0.2) is 58.3 Å². The summed E-state index contributed by atoms with van der Waals surface area (Å²) in [6.45, 7) is 4.00. The lowest BCUT2D eigenvalue weighted by molar-refractivity contribution is -0.120. The summed E-state index contributed by atoms with van der Waals surface area (Å²) in [7, 11) is 0. The Morgan fingerprint density at radius 2 is 2.32 bits per heavy atom. The third-order valence-corrected chi connectivity index (χ3v) is 6.64. The molecule has 0 aromatic carbocycles. The lowest BCUT2D eigenvalue weighted by Crippen LogP contribution is -2.43. The fraction of sp³-hybridized carbons (Fsp3) is 0.500. The summed E-state index contributed by atoms with van der Waals surface area (Å²) in [5.41, 5.74) is 4.87. The molecule has 4 rings (SSSR count). The van der Waals surface area contributed by atoms with Crippen LogP contribution in [0.25, 0.3) is 0 Å². The largest absolute Gasteiger partial charge is 0.389 e. The van der Waals surface area contributed by atoms with Crippen LogP contribution in [0.4, 0.5) is 0 Å². The number of hydrogen-bond acceptors (Lipinski definition) is 5. The standard InChI is InChI=1S/C22H30N4OS/c1-15-11-18(9-10-23-15)19-8-7-16(13-24-19)12-21(27)26-22-25-20(14-28-22)17-5-3-2-4-6-17/h2-3,5,7,11,14,18-19,22-25H,4,6,8-10,12-13H2,1H3,(H,26,27). The molecule has 3 atom stereocenters. The molecular weight excluding hydrogens is 368 g/mol. The molecule has 0 bridgehead atoms. The van der Waals surface area contributed by atoms with Crippen LogP contribution in [0.1, 0.15) is 39.0 Å². The number of thioether (sulfide) groups is 1. The van der Waals surface area contributed by atoms with Crippen molar-refractivity contribution in [2.24, 2.45) is 5.92 Å². The van der Waals surface area contributed by atoms with Gasteiger partial charge in [0.15, 0.2) is 5.50 Å². The molecule has 3 aliphatic heterocycles. The molecule has 0 saturated carbocycles. The molecule has 6 heteroatoms. The monoisotopic (exact) mass is 398 g/mol. The number of rotatable bonds is 5. The van der Waals surface area contributed by atoms with Crippen molar-refractivity contribution in [2.45, 2.75) is 50.6 Å². The maximum Gasteiger partial charge on any atom is 0.226 e. The molecule has 0 saturated heterocycles. The first-order valence-corrected chi connectivity index (χ1v) is 11.2. The second-order valence-electron chi connectivity index (χ2n) is 7.91. The summed E-state index contributed by atoms with van der Waals surface area (Å²) in [6.07, 6.45) is 15.8. The maximum absolute atomic E-state index is 12.5. The number of hydrogen-bond donors (Lipinski definition) is 4. The van der Waals surface area contributed by atoms with Crippen LogP contribution in [0, 0.1) is 5.92 Å². The number of carbonyl (C=O) groups is 1. The van der Waals surface area contributed by atoms with Gasteiger partial charge >= 0.3 is 0 Å². The Kier molecular flexibility index (Phi) is 6.27. The SMILES string of the molecule is CC1=CC(C2CC=C(CC(=O)NC3NC(C4=CC=CCC4)=CS3)CN2)CCN1. The zero-order chi connectivity index (χ0) is 19.3. The normalized spacial score (nSPS) is 29.7. The summed E-state index contributed by atoms with van der Waals surface area (Å²) in [4.78, 5) is 12.5. The molecule has 28 heavy (non-hydrogen) atoms. The molecule has 1 amide bonds. The van der Waals surface area contributed by atoms with Gasteiger partial charge in [-0.05, 0) is 49.5 Å². The van der Waals surface area contributed by atoms with Gasteiger partial charge in [-0.1, -0.05) is 47.7 Å². The predicted octanol–water partition coefficient (Wildman–Crippen LogP) is 3.03. The highest BCUT2D eigenvalue weighted by Gasteiger charge is 2.25. The van der Waals surface area contributed by atoms with E-state index in [9.17, 15) is 4.79 Å². The smallest absolute Gasteiger partial charge is 0.226 e. The topological polar surface area (TPSA) is 65.2 Å². The second kappa shape index (κ2) is 9.05. The lowest BCUT2D eigenvalue weighted by Gasteiger charge is -2.32. The van der Waals surface area contributed by atoms with Crippen molar-refractivity contribution in [1.29, 1.82) is 0 Å². The van der Waals surface area contributed by atoms with Crippen molar-refractivity contribution in [3.63, 3.8) is 0 Å². The van der Waals surface area contributed by atoms with Crippen molar-refractivity contribution in [3.05, 3.63) is 58.3 Å². The van der Waals surface area contributed by atoms with Crippen LogP contribution in [0.5, 0.6) is 0 Å². The van der Waals surface area contributed by atoms with Gasteiger partial charge in [0.25, 0.3) is 0 Å². The molecule has 150 valence electrons. The van der Waals surface area contributed by atoms with Crippen LogP contribution >= 0.6 is 11.8 Å². The summed E-state index contributed by atoms with van der Waals surface area (Å²) < 4.78 is 0. The first-order chi connectivity index (χ1) is 13.7. The van der Waals surface area contributed by atoms with Crippen LogP contribution in [0.2, 0.25) is 0 Å². The van der Waals surface area contributed by atoms with Gasteiger partial charge in [-0.25, -0.2) is 0 Å². The van der Waals surface area contributed by atoms with E-state index in [1.807, 2.05) is 0 Å². The molecule has 0 radical (unpaired) electrons. The third-order valence-electron chi connectivity index (χ3n) is 5.76. The molecular formula is C22H30N4OS. The summed E-state index contributed by atoms with van der Waals surface area (Å²) in [6, 6.07) is 0.487. The zero-order valence-corrected chi connectivity index (χ0v) is 17.3. The second-order valence-corrected chi connectivity index (χ2v) is 8.89. The lowest BCUT2D eigenvalue weighted by atomic mass is 9.87. The highest BCUT2D eigenvalue weighted by Crippen LogP contribution is 2.28. The van der Waals surface area contributed by atoms with Gasteiger partial charge in [0.2, 0.25) is 5.91 Å². The van der Waals surface area contributed by atoms with Gasteiger partial charge in [0, 0.05) is 36.9 Å². The molecule has 1 aliphatic carbocycles. The minimum absolute atomic E-state index is 0.0675. The molecule has 5 nitrogen and oxygen atoms in total. The maximum atomic E-state index is 12.5. The van der Waals surface area contributed by atoms with Crippen LogP contribution in [-0.4, -0.2) is 30.5 Å². The van der Waals surface area contributed by atoms with Crippen molar-refractivity contribution < 1.29 is 4.79 Å². The van der Waals surface area contributed by atoms with E-state index in [0.29, 0.717) is 18.4 Å². The van der Waals surface area contributed by atoms with E-state index < -0.39 is 0 Å². The number of carbonyl (C=O) groups excluding carboxylic acids is 1. The highest BCUT2D eigenvalue weighted by atomic mass is 32.2. The molecule has 4 N–H and O–H groups in total. The van der Waals surface area contributed by atoms with Crippen LogP contribution in [0.3, 0.4) is 0 Å². The van der Waals surface area contributed by atoms with E-state index in [0.717, 1.165) is 38.0 Å².